The molecular weight excluding hydrogens is 318 g/mol. The highest BCUT2D eigenvalue weighted by atomic mass is 35.5. The molecule has 0 bridgehead atoms. The molecule has 0 unspecified atom stereocenters. The Bertz CT molecular complexity index is 625. The zero-order chi connectivity index (χ0) is 15.9. The van der Waals surface area contributed by atoms with Crippen molar-refractivity contribution in [2.45, 2.75) is 20.3 Å². The molecule has 22 heavy (non-hydrogen) atoms. The van der Waals surface area contributed by atoms with E-state index >= 15 is 0 Å². The summed E-state index contributed by atoms with van der Waals surface area (Å²) in [5.41, 5.74) is 1.73. The first kappa shape index (κ1) is 16.9. The number of benzene rings is 1. The van der Waals surface area contributed by atoms with E-state index in [1.807, 2.05) is 31.2 Å². The largest absolute Gasteiger partial charge is 0.350 e. The average Bonchev–Trinajstić information content (AvgIpc) is 2.89. The van der Waals surface area contributed by atoms with Crippen LogP contribution in [-0.4, -0.2) is 30.5 Å². The maximum atomic E-state index is 12.2. The van der Waals surface area contributed by atoms with Gasteiger partial charge in [0.05, 0.1) is 5.69 Å². The Kier molecular flexibility index (Phi) is 6.36. The minimum absolute atomic E-state index is 0.0616. The van der Waals surface area contributed by atoms with E-state index in [1.165, 1.54) is 11.3 Å². The van der Waals surface area contributed by atoms with Crippen LogP contribution in [0.1, 0.15) is 28.7 Å². The smallest absolute Gasteiger partial charge is 0.263 e. The minimum atomic E-state index is -0.0616. The molecule has 0 radical (unpaired) electrons. The SMILES string of the molecule is CCCNCCNC(=O)c1sc(-c2ccc(Cl)cc2)nc1C. The summed E-state index contributed by atoms with van der Waals surface area (Å²) in [6.45, 7) is 6.34. The number of carbonyl (C=O) groups is 1. The Morgan fingerprint density at radius 3 is 2.64 bits per heavy atom. The van der Waals surface area contributed by atoms with Gasteiger partial charge in [0.1, 0.15) is 9.88 Å². The highest BCUT2D eigenvalue weighted by molar-refractivity contribution is 7.17. The standard InChI is InChI=1S/C16H20ClN3OS/c1-3-8-18-9-10-19-15(21)14-11(2)20-16(22-14)12-4-6-13(17)7-5-12/h4-7,18H,3,8-10H2,1-2H3,(H,19,21). The van der Waals surface area contributed by atoms with Crippen LogP contribution in [0, 0.1) is 6.92 Å². The summed E-state index contributed by atoms with van der Waals surface area (Å²) in [6, 6.07) is 7.48. The molecule has 1 aromatic carbocycles. The lowest BCUT2D eigenvalue weighted by Gasteiger charge is -2.04. The fraction of sp³-hybridized carbons (Fsp3) is 0.375. The predicted molar refractivity (Wildman–Crippen MR) is 92.8 cm³/mol. The van der Waals surface area contributed by atoms with Crippen LogP contribution in [0.2, 0.25) is 5.02 Å². The van der Waals surface area contributed by atoms with Gasteiger partial charge in [-0.25, -0.2) is 4.98 Å². The van der Waals surface area contributed by atoms with Gasteiger partial charge in [0.2, 0.25) is 0 Å². The van der Waals surface area contributed by atoms with Gasteiger partial charge in [-0.3, -0.25) is 4.79 Å². The van der Waals surface area contributed by atoms with Crippen LogP contribution in [-0.2, 0) is 0 Å². The van der Waals surface area contributed by atoms with Crippen molar-refractivity contribution in [3.05, 3.63) is 39.9 Å². The van der Waals surface area contributed by atoms with Gasteiger partial charge in [-0.1, -0.05) is 30.7 Å². The highest BCUT2D eigenvalue weighted by Gasteiger charge is 2.15. The van der Waals surface area contributed by atoms with E-state index in [-0.39, 0.29) is 5.91 Å². The van der Waals surface area contributed by atoms with Crippen molar-refractivity contribution in [1.82, 2.24) is 15.6 Å². The molecule has 2 N–H and O–H groups in total. The summed E-state index contributed by atoms with van der Waals surface area (Å²) in [5, 5.41) is 7.70. The Hall–Kier alpha value is -1.43. The van der Waals surface area contributed by atoms with Crippen LogP contribution in [0.3, 0.4) is 0 Å². The molecule has 4 nitrogen and oxygen atoms in total. The third-order valence-corrected chi connectivity index (χ3v) is 4.57. The molecule has 6 heteroatoms. The van der Waals surface area contributed by atoms with E-state index in [1.54, 1.807) is 0 Å². The van der Waals surface area contributed by atoms with Crippen molar-refractivity contribution in [2.24, 2.45) is 0 Å². The third kappa shape index (κ3) is 4.53. The number of halogens is 1. The quantitative estimate of drug-likeness (QED) is 0.760. The van der Waals surface area contributed by atoms with Gasteiger partial charge >= 0.3 is 0 Å². The van der Waals surface area contributed by atoms with Crippen molar-refractivity contribution in [2.75, 3.05) is 19.6 Å². The van der Waals surface area contributed by atoms with Gasteiger partial charge in [0.15, 0.2) is 0 Å². The molecule has 0 spiro atoms. The second kappa shape index (κ2) is 8.27. The predicted octanol–water partition coefficient (Wildman–Crippen LogP) is 3.50. The van der Waals surface area contributed by atoms with Crippen LogP contribution in [0.4, 0.5) is 0 Å². The lowest BCUT2D eigenvalue weighted by Crippen LogP contribution is -2.32. The van der Waals surface area contributed by atoms with Crippen molar-refractivity contribution in [3.63, 3.8) is 0 Å². The zero-order valence-corrected chi connectivity index (χ0v) is 14.4. The summed E-state index contributed by atoms with van der Waals surface area (Å²) in [4.78, 5) is 17.4. The monoisotopic (exact) mass is 337 g/mol. The summed E-state index contributed by atoms with van der Waals surface area (Å²) >= 11 is 7.30. The fourth-order valence-electron chi connectivity index (χ4n) is 1.97. The highest BCUT2D eigenvalue weighted by Crippen LogP contribution is 2.28. The van der Waals surface area contributed by atoms with Gasteiger partial charge < -0.3 is 10.6 Å². The second-order valence-electron chi connectivity index (χ2n) is 4.95. The van der Waals surface area contributed by atoms with Crippen molar-refractivity contribution < 1.29 is 4.79 Å². The number of rotatable bonds is 7. The van der Waals surface area contributed by atoms with E-state index in [2.05, 4.69) is 22.5 Å². The van der Waals surface area contributed by atoms with Crippen LogP contribution in [0.15, 0.2) is 24.3 Å². The lowest BCUT2D eigenvalue weighted by molar-refractivity contribution is 0.0957. The number of carbonyl (C=O) groups excluding carboxylic acids is 1. The molecular formula is C16H20ClN3OS. The Labute approximate surface area is 139 Å². The van der Waals surface area contributed by atoms with Gasteiger partial charge in [-0.2, -0.15) is 0 Å². The zero-order valence-electron chi connectivity index (χ0n) is 12.8. The summed E-state index contributed by atoms with van der Waals surface area (Å²) in [5.74, 6) is -0.0616. The van der Waals surface area contributed by atoms with E-state index < -0.39 is 0 Å². The Morgan fingerprint density at radius 1 is 1.23 bits per heavy atom. The molecule has 2 rings (SSSR count). The molecule has 0 atom stereocenters. The number of hydrogen-bond donors (Lipinski definition) is 2. The molecule has 0 aliphatic carbocycles. The molecule has 118 valence electrons. The number of nitrogens with zero attached hydrogens (tertiary/aromatic N) is 1. The number of aryl methyl sites for hydroxylation is 1. The molecule has 0 saturated heterocycles. The Balaban J connectivity index is 2.00. The fourth-order valence-corrected chi connectivity index (χ4v) is 3.08. The first-order chi connectivity index (χ1) is 10.6. The number of aromatic nitrogens is 1. The maximum absolute atomic E-state index is 12.2. The van der Waals surface area contributed by atoms with E-state index in [0.29, 0.717) is 16.4 Å². The first-order valence-corrected chi connectivity index (χ1v) is 8.53. The molecule has 1 amide bonds. The van der Waals surface area contributed by atoms with Crippen LogP contribution in [0.25, 0.3) is 10.6 Å². The second-order valence-corrected chi connectivity index (χ2v) is 6.38. The number of hydrogen-bond acceptors (Lipinski definition) is 4. The summed E-state index contributed by atoms with van der Waals surface area (Å²) < 4.78 is 0. The average molecular weight is 338 g/mol. The molecule has 0 aliphatic rings. The van der Waals surface area contributed by atoms with Crippen LogP contribution in [0.5, 0.6) is 0 Å². The summed E-state index contributed by atoms with van der Waals surface area (Å²) in [7, 11) is 0. The number of nitrogens with one attached hydrogen (secondary N) is 2. The minimum Gasteiger partial charge on any atom is -0.350 e. The van der Waals surface area contributed by atoms with Crippen LogP contribution < -0.4 is 10.6 Å². The first-order valence-electron chi connectivity index (χ1n) is 7.34. The topological polar surface area (TPSA) is 54.0 Å². The van der Waals surface area contributed by atoms with Crippen molar-refractivity contribution in [1.29, 1.82) is 0 Å². The molecule has 0 saturated carbocycles. The normalized spacial score (nSPS) is 10.7. The van der Waals surface area contributed by atoms with E-state index in [4.69, 9.17) is 11.6 Å². The molecule has 0 aliphatic heterocycles. The van der Waals surface area contributed by atoms with E-state index in [9.17, 15) is 4.79 Å². The third-order valence-electron chi connectivity index (χ3n) is 3.11. The Morgan fingerprint density at radius 2 is 1.95 bits per heavy atom. The maximum Gasteiger partial charge on any atom is 0.263 e. The van der Waals surface area contributed by atoms with Gasteiger partial charge in [-0.05, 0) is 32.0 Å². The van der Waals surface area contributed by atoms with Gasteiger partial charge in [-0.15, -0.1) is 11.3 Å². The van der Waals surface area contributed by atoms with Crippen LogP contribution >= 0.6 is 22.9 Å². The summed E-state index contributed by atoms with van der Waals surface area (Å²) in [6.07, 6.45) is 1.09. The van der Waals surface area contributed by atoms with Crippen molar-refractivity contribution in [3.8, 4) is 10.6 Å². The van der Waals surface area contributed by atoms with Gasteiger partial charge in [0, 0.05) is 23.7 Å². The molecule has 1 aromatic heterocycles. The lowest BCUT2D eigenvalue weighted by atomic mass is 10.2. The molecule has 0 fully saturated rings. The number of amides is 1. The van der Waals surface area contributed by atoms with Gasteiger partial charge in [0.25, 0.3) is 5.91 Å². The molecule has 1 heterocycles. The van der Waals surface area contributed by atoms with Crippen molar-refractivity contribution >= 4 is 28.8 Å². The van der Waals surface area contributed by atoms with E-state index in [0.717, 1.165) is 35.8 Å². The molecule has 2 aromatic rings. The number of thiazole rings is 1.